The van der Waals surface area contributed by atoms with Crippen LogP contribution in [0.4, 0.5) is 14.9 Å². The standard InChI is InChI=1S/C27H20FN3O3/c1-17-6-12-21(13-7-17)31-26(33)23(25(32)29-27(31)34)14-19-16-30(24-5-3-2-4-22(19)24)15-18-8-10-20(28)11-9-18/h2-14,16H,15H2,1H3,(H,29,32,34)/b23-14-. The molecular weight excluding hydrogens is 433 g/mol. The normalized spacial score (nSPS) is 15.3. The molecule has 1 N–H and O–H groups in total. The number of nitrogens with one attached hydrogen (secondary N) is 1. The lowest BCUT2D eigenvalue weighted by Gasteiger charge is -2.26. The number of carbonyl (C=O) groups excluding carboxylic acids is 3. The summed E-state index contributed by atoms with van der Waals surface area (Å²) in [6.07, 6.45) is 3.35. The van der Waals surface area contributed by atoms with E-state index in [9.17, 15) is 18.8 Å². The van der Waals surface area contributed by atoms with E-state index in [4.69, 9.17) is 0 Å². The van der Waals surface area contributed by atoms with Crippen LogP contribution >= 0.6 is 0 Å². The van der Waals surface area contributed by atoms with Gasteiger partial charge in [0.05, 0.1) is 5.69 Å². The van der Waals surface area contributed by atoms with Crippen molar-refractivity contribution in [2.75, 3.05) is 4.90 Å². The number of fused-ring (bicyclic) bond motifs is 1. The van der Waals surface area contributed by atoms with Gasteiger partial charge in [-0.1, -0.05) is 48.0 Å². The number of para-hydroxylation sites is 1. The van der Waals surface area contributed by atoms with Crippen molar-refractivity contribution in [3.8, 4) is 0 Å². The van der Waals surface area contributed by atoms with E-state index in [0.717, 1.165) is 26.9 Å². The van der Waals surface area contributed by atoms with Crippen molar-refractivity contribution in [3.63, 3.8) is 0 Å². The molecule has 1 aromatic heterocycles. The molecule has 34 heavy (non-hydrogen) atoms. The van der Waals surface area contributed by atoms with Gasteiger partial charge in [-0.15, -0.1) is 0 Å². The Kier molecular flexibility index (Phi) is 5.30. The molecule has 0 bridgehead atoms. The van der Waals surface area contributed by atoms with Crippen molar-refractivity contribution >= 4 is 40.5 Å². The van der Waals surface area contributed by atoms with E-state index in [1.807, 2.05) is 42.0 Å². The highest BCUT2D eigenvalue weighted by Crippen LogP contribution is 2.27. The van der Waals surface area contributed by atoms with Gasteiger partial charge in [-0.2, -0.15) is 0 Å². The SMILES string of the molecule is Cc1ccc(N2C(=O)NC(=O)/C(=C/c3cn(Cc4ccc(F)cc4)c4ccccc34)C2=O)cc1. The molecular formula is C27H20FN3O3. The lowest BCUT2D eigenvalue weighted by molar-refractivity contribution is -0.122. The first-order chi connectivity index (χ1) is 16.4. The number of aromatic nitrogens is 1. The quantitative estimate of drug-likeness (QED) is 0.356. The summed E-state index contributed by atoms with van der Waals surface area (Å²) >= 11 is 0. The Hall–Kier alpha value is -4.52. The zero-order chi connectivity index (χ0) is 23.8. The Morgan fingerprint density at radius 1 is 0.912 bits per heavy atom. The van der Waals surface area contributed by atoms with Gasteiger partial charge in [0.15, 0.2) is 0 Å². The number of hydrogen-bond donors (Lipinski definition) is 1. The van der Waals surface area contributed by atoms with Gasteiger partial charge in [-0.05, 0) is 48.9 Å². The smallest absolute Gasteiger partial charge is 0.335 e. The van der Waals surface area contributed by atoms with Crippen molar-refractivity contribution in [2.45, 2.75) is 13.5 Å². The number of halogens is 1. The van der Waals surface area contributed by atoms with Crippen LogP contribution in [-0.4, -0.2) is 22.4 Å². The maximum absolute atomic E-state index is 13.3. The second-order valence-corrected chi connectivity index (χ2v) is 8.15. The number of rotatable bonds is 4. The molecule has 0 unspecified atom stereocenters. The predicted molar refractivity (Wildman–Crippen MR) is 128 cm³/mol. The van der Waals surface area contributed by atoms with Gasteiger partial charge in [-0.3, -0.25) is 14.9 Å². The molecule has 168 valence electrons. The number of imide groups is 2. The van der Waals surface area contributed by atoms with Gasteiger partial charge in [-0.25, -0.2) is 14.1 Å². The minimum atomic E-state index is -0.783. The van der Waals surface area contributed by atoms with Gasteiger partial charge >= 0.3 is 6.03 Å². The van der Waals surface area contributed by atoms with Crippen molar-refractivity contribution in [2.24, 2.45) is 0 Å². The third kappa shape index (κ3) is 3.88. The molecule has 5 rings (SSSR count). The first-order valence-corrected chi connectivity index (χ1v) is 10.7. The number of hydrogen-bond acceptors (Lipinski definition) is 3. The van der Waals surface area contributed by atoms with E-state index in [2.05, 4.69) is 5.32 Å². The lowest BCUT2D eigenvalue weighted by Crippen LogP contribution is -2.54. The first kappa shape index (κ1) is 21.3. The van der Waals surface area contributed by atoms with E-state index in [-0.39, 0.29) is 11.4 Å². The van der Waals surface area contributed by atoms with Crippen molar-refractivity contribution in [3.05, 3.63) is 107 Å². The number of barbiturate groups is 1. The molecule has 1 aliphatic heterocycles. The van der Waals surface area contributed by atoms with Crippen molar-refractivity contribution < 1.29 is 18.8 Å². The topological polar surface area (TPSA) is 71.4 Å². The third-order valence-corrected chi connectivity index (χ3v) is 5.78. The Balaban J connectivity index is 1.56. The molecule has 3 aromatic carbocycles. The number of nitrogens with zero attached hydrogens (tertiary/aromatic N) is 2. The summed E-state index contributed by atoms with van der Waals surface area (Å²) in [5, 5.41) is 3.10. The number of carbonyl (C=O) groups is 3. The van der Waals surface area contributed by atoms with E-state index in [1.54, 1.807) is 36.4 Å². The average molecular weight is 453 g/mol. The van der Waals surface area contributed by atoms with Crippen LogP contribution in [0, 0.1) is 12.7 Å². The van der Waals surface area contributed by atoms with E-state index in [1.165, 1.54) is 18.2 Å². The number of anilines is 1. The fourth-order valence-electron chi connectivity index (χ4n) is 4.05. The number of amides is 4. The predicted octanol–water partition coefficient (Wildman–Crippen LogP) is 4.80. The maximum Gasteiger partial charge on any atom is 0.335 e. The van der Waals surface area contributed by atoms with Gasteiger partial charge < -0.3 is 4.57 Å². The molecule has 4 amide bonds. The summed E-state index contributed by atoms with van der Waals surface area (Å²) in [6, 6.07) is 20.0. The minimum Gasteiger partial charge on any atom is -0.342 e. The Morgan fingerprint density at radius 2 is 1.62 bits per heavy atom. The number of urea groups is 1. The summed E-state index contributed by atoms with van der Waals surface area (Å²) in [4.78, 5) is 39.3. The van der Waals surface area contributed by atoms with Crippen LogP contribution in [0.1, 0.15) is 16.7 Å². The zero-order valence-corrected chi connectivity index (χ0v) is 18.3. The van der Waals surface area contributed by atoms with Crippen molar-refractivity contribution in [1.82, 2.24) is 9.88 Å². The fourth-order valence-corrected chi connectivity index (χ4v) is 4.05. The van der Waals surface area contributed by atoms with E-state index < -0.39 is 17.8 Å². The van der Waals surface area contributed by atoms with Crippen molar-refractivity contribution in [1.29, 1.82) is 0 Å². The average Bonchev–Trinajstić information content (AvgIpc) is 3.16. The molecule has 1 saturated heterocycles. The molecule has 4 aromatic rings. The third-order valence-electron chi connectivity index (χ3n) is 5.78. The maximum atomic E-state index is 13.3. The molecule has 7 heteroatoms. The molecule has 6 nitrogen and oxygen atoms in total. The highest BCUT2D eigenvalue weighted by Gasteiger charge is 2.37. The Bertz CT molecular complexity index is 1470. The molecule has 2 heterocycles. The van der Waals surface area contributed by atoms with Gasteiger partial charge in [0.2, 0.25) is 0 Å². The van der Waals surface area contributed by atoms with Crippen LogP contribution in [0.2, 0.25) is 0 Å². The Labute approximate surface area is 194 Å². The van der Waals surface area contributed by atoms with Crippen LogP contribution < -0.4 is 10.2 Å². The van der Waals surface area contributed by atoms with Crippen LogP contribution in [-0.2, 0) is 16.1 Å². The van der Waals surface area contributed by atoms with Gasteiger partial charge in [0.1, 0.15) is 11.4 Å². The van der Waals surface area contributed by atoms with Crippen LogP contribution in [0.25, 0.3) is 17.0 Å². The molecule has 0 aliphatic carbocycles. The van der Waals surface area contributed by atoms with Crippen LogP contribution in [0.3, 0.4) is 0 Å². The molecule has 0 spiro atoms. The van der Waals surface area contributed by atoms with Gasteiger partial charge in [0, 0.05) is 29.2 Å². The Morgan fingerprint density at radius 3 is 2.35 bits per heavy atom. The summed E-state index contributed by atoms with van der Waals surface area (Å²) in [6.45, 7) is 2.39. The van der Waals surface area contributed by atoms with E-state index in [0.29, 0.717) is 17.8 Å². The summed E-state index contributed by atoms with van der Waals surface area (Å²) < 4.78 is 15.3. The molecule has 1 aliphatic rings. The molecule has 0 saturated carbocycles. The summed E-state index contributed by atoms with van der Waals surface area (Å²) in [5.41, 5.74) is 3.69. The monoisotopic (exact) mass is 453 g/mol. The highest BCUT2D eigenvalue weighted by molar-refractivity contribution is 6.39. The van der Waals surface area contributed by atoms with Gasteiger partial charge in [0.25, 0.3) is 11.8 Å². The second kappa shape index (κ2) is 8.44. The van der Waals surface area contributed by atoms with Crippen LogP contribution in [0.15, 0.2) is 84.6 Å². The molecule has 0 atom stereocenters. The number of benzene rings is 3. The van der Waals surface area contributed by atoms with Crippen LogP contribution in [0.5, 0.6) is 0 Å². The molecule has 0 radical (unpaired) electrons. The fraction of sp³-hybridized carbons (Fsp3) is 0.0741. The first-order valence-electron chi connectivity index (χ1n) is 10.7. The largest absolute Gasteiger partial charge is 0.342 e. The lowest BCUT2D eigenvalue weighted by atomic mass is 10.1. The zero-order valence-electron chi connectivity index (χ0n) is 18.3. The minimum absolute atomic E-state index is 0.134. The summed E-state index contributed by atoms with van der Waals surface area (Å²) in [7, 11) is 0. The second-order valence-electron chi connectivity index (χ2n) is 8.15. The van der Waals surface area contributed by atoms with E-state index >= 15 is 0 Å². The highest BCUT2D eigenvalue weighted by atomic mass is 19.1. The molecule has 1 fully saturated rings. The number of aryl methyl sites for hydroxylation is 1. The summed E-state index contributed by atoms with van der Waals surface area (Å²) in [5.74, 6) is -1.73.